The smallest absolute Gasteiger partial charge is 0.266 e. The van der Waals surface area contributed by atoms with Crippen molar-refractivity contribution in [2.24, 2.45) is 0 Å². The highest BCUT2D eigenvalue weighted by molar-refractivity contribution is 7.21. The van der Waals surface area contributed by atoms with Crippen LogP contribution < -0.4 is 4.74 Å². The van der Waals surface area contributed by atoms with Crippen LogP contribution in [-0.4, -0.2) is 34.5 Å². The molecule has 0 bridgehead atoms. The maximum atomic E-state index is 13.4. The lowest BCUT2D eigenvalue weighted by atomic mass is 10.1. The van der Waals surface area contributed by atoms with Gasteiger partial charge in [0.05, 0.1) is 12.8 Å². The van der Waals surface area contributed by atoms with Crippen molar-refractivity contribution in [2.75, 3.05) is 14.2 Å². The number of hydrogen-bond acceptors (Lipinski definition) is 4. The van der Waals surface area contributed by atoms with E-state index in [0.29, 0.717) is 11.4 Å². The largest absolute Gasteiger partial charge is 0.497 e. The lowest BCUT2D eigenvalue weighted by Crippen LogP contribution is -2.26. The van der Waals surface area contributed by atoms with Gasteiger partial charge in [-0.15, -0.1) is 11.3 Å². The standard InChI is InChI=1S/C23H23N3O2S/c1-15-12-16(2)24-22-19(15)20(26-10-5-6-11-26)21(29-22)23(27)25(3)14-17-8-7-9-18(13-17)28-4/h5-13H,14H2,1-4H3. The number of benzene rings is 1. The Hall–Kier alpha value is -3.12. The number of fused-ring (bicyclic) bond motifs is 1. The van der Waals surface area contributed by atoms with E-state index >= 15 is 0 Å². The number of carbonyl (C=O) groups is 1. The first-order valence-corrected chi connectivity index (χ1v) is 10.2. The van der Waals surface area contributed by atoms with Crippen molar-refractivity contribution in [1.29, 1.82) is 0 Å². The second-order valence-electron chi connectivity index (χ2n) is 7.14. The summed E-state index contributed by atoms with van der Waals surface area (Å²) in [6.07, 6.45) is 3.94. The minimum absolute atomic E-state index is 0.0171. The Balaban J connectivity index is 1.77. The molecule has 4 rings (SSSR count). The molecule has 0 radical (unpaired) electrons. The van der Waals surface area contributed by atoms with E-state index in [1.807, 2.05) is 67.3 Å². The first kappa shape index (κ1) is 19.2. The second kappa shape index (κ2) is 7.72. The van der Waals surface area contributed by atoms with Crippen LogP contribution in [0.2, 0.25) is 0 Å². The van der Waals surface area contributed by atoms with E-state index < -0.39 is 0 Å². The van der Waals surface area contributed by atoms with Gasteiger partial charge in [0.2, 0.25) is 0 Å². The Morgan fingerprint density at radius 2 is 1.93 bits per heavy atom. The quantitative estimate of drug-likeness (QED) is 0.470. The molecular formula is C23H23N3O2S. The predicted molar refractivity (Wildman–Crippen MR) is 117 cm³/mol. The number of ether oxygens (including phenoxy) is 1. The van der Waals surface area contributed by atoms with E-state index in [2.05, 4.69) is 13.0 Å². The fourth-order valence-corrected chi connectivity index (χ4v) is 4.88. The first-order chi connectivity index (χ1) is 14.0. The van der Waals surface area contributed by atoms with E-state index in [1.165, 1.54) is 11.3 Å². The van der Waals surface area contributed by atoms with Gasteiger partial charge >= 0.3 is 0 Å². The van der Waals surface area contributed by atoms with E-state index in [-0.39, 0.29) is 5.91 Å². The van der Waals surface area contributed by atoms with Crippen LogP contribution in [0.15, 0.2) is 54.9 Å². The lowest BCUT2D eigenvalue weighted by Gasteiger charge is -2.18. The monoisotopic (exact) mass is 405 g/mol. The topological polar surface area (TPSA) is 47.4 Å². The van der Waals surface area contributed by atoms with Crippen LogP contribution in [0.3, 0.4) is 0 Å². The van der Waals surface area contributed by atoms with Crippen LogP contribution in [0.4, 0.5) is 0 Å². The van der Waals surface area contributed by atoms with Gasteiger partial charge in [-0.3, -0.25) is 4.79 Å². The molecular weight excluding hydrogens is 382 g/mol. The van der Waals surface area contributed by atoms with Crippen molar-refractivity contribution < 1.29 is 9.53 Å². The average molecular weight is 406 g/mol. The number of nitrogens with zero attached hydrogens (tertiary/aromatic N) is 3. The summed E-state index contributed by atoms with van der Waals surface area (Å²) in [5.41, 5.74) is 4.01. The van der Waals surface area contributed by atoms with Gasteiger partial charge in [0, 0.05) is 37.1 Å². The Labute approximate surface area is 174 Å². The molecule has 148 valence electrons. The van der Waals surface area contributed by atoms with E-state index in [9.17, 15) is 4.79 Å². The number of aromatic nitrogens is 2. The summed E-state index contributed by atoms with van der Waals surface area (Å²) in [7, 11) is 3.48. The Morgan fingerprint density at radius 1 is 1.17 bits per heavy atom. The summed E-state index contributed by atoms with van der Waals surface area (Å²) >= 11 is 1.46. The maximum absolute atomic E-state index is 13.4. The van der Waals surface area contributed by atoms with Gasteiger partial charge in [0.15, 0.2) is 0 Å². The molecule has 0 saturated heterocycles. The molecule has 0 fully saturated rings. The number of hydrogen-bond donors (Lipinski definition) is 0. The Morgan fingerprint density at radius 3 is 2.66 bits per heavy atom. The highest BCUT2D eigenvalue weighted by atomic mass is 32.1. The van der Waals surface area contributed by atoms with Crippen molar-refractivity contribution in [1.82, 2.24) is 14.5 Å². The van der Waals surface area contributed by atoms with Crippen LogP contribution in [0.5, 0.6) is 5.75 Å². The second-order valence-corrected chi connectivity index (χ2v) is 8.14. The Kier molecular flexibility index (Phi) is 5.11. The van der Waals surface area contributed by atoms with Gasteiger partial charge in [0.25, 0.3) is 5.91 Å². The molecule has 0 atom stereocenters. The Bertz CT molecular complexity index is 1180. The molecule has 0 aliphatic carbocycles. The van der Waals surface area contributed by atoms with Gasteiger partial charge < -0.3 is 14.2 Å². The number of methoxy groups -OCH3 is 1. The molecule has 0 aliphatic rings. The van der Waals surface area contributed by atoms with E-state index in [4.69, 9.17) is 9.72 Å². The highest BCUT2D eigenvalue weighted by Crippen LogP contribution is 2.36. The fraction of sp³-hybridized carbons (Fsp3) is 0.217. The molecule has 5 nitrogen and oxygen atoms in total. The van der Waals surface area contributed by atoms with Crippen LogP contribution >= 0.6 is 11.3 Å². The number of pyridine rings is 1. The zero-order valence-electron chi connectivity index (χ0n) is 17.0. The summed E-state index contributed by atoms with van der Waals surface area (Å²) in [6.45, 7) is 4.56. The van der Waals surface area contributed by atoms with Gasteiger partial charge in [-0.25, -0.2) is 4.98 Å². The lowest BCUT2D eigenvalue weighted by molar-refractivity contribution is 0.0790. The van der Waals surface area contributed by atoms with Crippen molar-refractivity contribution in [3.05, 3.63) is 76.6 Å². The van der Waals surface area contributed by atoms with Crippen LogP contribution in [0, 0.1) is 13.8 Å². The third-order valence-corrected chi connectivity index (χ3v) is 5.98. The molecule has 0 spiro atoms. The molecule has 1 amide bonds. The molecule has 6 heteroatoms. The third kappa shape index (κ3) is 3.63. The SMILES string of the molecule is COc1cccc(CN(C)C(=O)c2sc3nc(C)cc(C)c3c2-n2cccc2)c1. The van der Waals surface area contributed by atoms with Crippen LogP contribution in [-0.2, 0) is 6.54 Å². The maximum Gasteiger partial charge on any atom is 0.266 e. The van der Waals surface area contributed by atoms with Gasteiger partial charge in [0.1, 0.15) is 15.5 Å². The summed E-state index contributed by atoms with van der Waals surface area (Å²) in [5.74, 6) is 0.769. The van der Waals surface area contributed by atoms with Crippen molar-refractivity contribution in [2.45, 2.75) is 20.4 Å². The number of rotatable bonds is 5. The summed E-state index contributed by atoms with van der Waals surface area (Å²) in [5, 5.41) is 1.04. The number of aryl methyl sites for hydroxylation is 2. The first-order valence-electron chi connectivity index (χ1n) is 9.40. The molecule has 0 unspecified atom stereocenters. The van der Waals surface area contributed by atoms with Crippen LogP contribution in [0.1, 0.15) is 26.5 Å². The number of amides is 1. The van der Waals surface area contributed by atoms with Gasteiger partial charge in [-0.05, 0) is 55.3 Å². The molecule has 0 saturated carbocycles. The normalized spacial score (nSPS) is 11.0. The highest BCUT2D eigenvalue weighted by Gasteiger charge is 2.24. The summed E-state index contributed by atoms with van der Waals surface area (Å²) in [6, 6.07) is 13.8. The predicted octanol–water partition coefficient (Wildman–Crippen LogP) is 4.98. The molecule has 3 aromatic heterocycles. The summed E-state index contributed by atoms with van der Waals surface area (Å²) in [4.78, 5) is 21.5. The van der Waals surface area contributed by atoms with Crippen LogP contribution in [0.25, 0.3) is 15.9 Å². The number of carbonyl (C=O) groups excluding carboxylic acids is 1. The molecule has 1 aromatic carbocycles. The van der Waals surface area contributed by atoms with Gasteiger partial charge in [-0.1, -0.05) is 12.1 Å². The van der Waals surface area contributed by atoms with E-state index in [1.54, 1.807) is 12.0 Å². The molecule has 3 heterocycles. The minimum Gasteiger partial charge on any atom is -0.497 e. The molecule has 29 heavy (non-hydrogen) atoms. The zero-order chi connectivity index (χ0) is 20.5. The average Bonchev–Trinajstić information content (AvgIpc) is 3.34. The molecule has 4 aromatic rings. The zero-order valence-corrected chi connectivity index (χ0v) is 17.8. The minimum atomic E-state index is -0.0171. The van der Waals surface area contributed by atoms with Crippen molar-refractivity contribution in [3.8, 4) is 11.4 Å². The van der Waals surface area contributed by atoms with Gasteiger partial charge in [-0.2, -0.15) is 0 Å². The number of thiophene rings is 1. The third-order valence-electron chi connectivity index (χ3n) is 4.92. The molecule has 0 aliphatic heterocycles. The fourth-order valence-electron chi connectivity index (χ4n) is 3.59. The van der Waals surface area contributed by atoms with E-state index in [0.717, 1.165) is 38.5 Å². The molecule has 0 N–H and O–H groups in total. The van der Waals surface area contributed by atoms with Crippen molar-refractivity contribution in [3.63, 3.8) is 0 Å². The summed E-state index contributed by atoms with van der Waals surface area (Å²) < 4.78 is 7.31. The van der Waals surface area contributed by atoms with Crippen molar-refractivity contribution >= 4 is 27.5 Å².